The van der Waals surface area contributed by atoms with Crippen molar-refractivity contribution in [3.63, 3.8) is 0 Å². The average Bonchev–Trinajstić information content (AvgIpc) is 3.13. The van der Waals surface area contributed by atoms with Crippen molar-refractivity contribution >= 4 is 21.8 Å². The lowest BCUT2D eigenvalue weighted by molar-refractivity contribution is -0.128. The molecule has 0 unspecified atom stereocenters. The van der Waals surface area contributed by atoms with Crippen LogP contribution in [0.25, 0.3) is 5.69 Å². The molecule has 0 saturated carbocycles. The first-order valence-electron chi connectivity index (χ1n) is 10.0. The van der Waals surface area contributed by atoms with Gasteiger partial charge in [-0.05, 0) is 19.2 Å². The van der Waals surface area contributed by atoms with E-state index in [2.05, 4.69) is 9.88 Å². The number of nitrogens with zero attached hydrogens (tertiary/aromatic N) is 6. The molecule has 2 aliphatic heterocycles. The highest BCUT2D eigenvalue weighted by atomic mass is 32.2. The first-order chi connectivity index (χ1) is 14.7. The SMILES string of the molecule is CN1CCN(C(=O)c2ncn3c2CN(CC(=O)N(C)C)S(=O)(=O)c2ccccc2-3)CC1. The first-order valence-corrected chi connectivity index (χ1v) is 11.5. The number of aromatic nitrogens is 2. The molecule has 1 saturated heterocycles. The van der Waals surface area contributed by atoms with Gasteiger partial charge in [0.25, 0.3) is 5.91 Å². The van der Waals surface area contributed by atoms with E-state index >= 15 is 0 Å². The van der Waals surface area contributed by atoms with Crippen LogP contribution in [0.1, 0.15) is 16.2 Å². The van der Waals surface area contributed by atoms with Crippen LogP contribution in [0.4, 0.5) is 0 Å². The van der Waals surface area contributed by atoms with Gasteiger partial charge in [0.2, 0.25) is 15.9 Å². The van der Waals surface area contributed by atoms with Crippen molar-refractivity contribution in [3.05, 3.63) is 42.0 Å². The Hall–Kier alpha value is -2.76. The van der Waals surface area contributed by atoms with E-state index in [1.54, 1.807) is 41.8 Å². The van der Waals surface area contributed by atoms with Gasteiger partial charge in [0, 0.05) is 40.3 Å². The summed E-state index contributed by atoms with van der Waals surface area (Å²) in [7, 11) is 1.20. The normalized spacial score (nSPS) is 18.7. The molecule has 2 amide bonds. The Morgan fingerprint density at radius 3 is 2.45 bits per heavy atom. The van der Waals surface area contributed by atoms with Gasteiger partial charge >= 0.3 is 0 Å². The molecule has 1 aromatic carbocycles. The highest BCUT2D eigenvalue weighted by molar-refractivity contribution is 7.89. The molecular weight excluding hydrogens is 420 g/mol. The Bertz CT molecular complexity index is 1120. The molecule has 166 valence electrons. The van der Waals surface area contributed by atoms with Gasteiger partial charge < -0.3 is 14.7 Å². The summed E-state index contributed by atoms with van der Waals surface area (Å²) in [5.41, 5.74) is 1.10. The van der Waals surface area contributed by atoms with Crippen LogP contribution in [-0.2, 0) is 21.4 Å². The molecule has 0 bridgehead atoms. The quantitative estimate of drug-likeness (QED) is 0.651. The molecular formula is C20H26N6O4S. The Labute approximate surface area is 181 Å². The van der Waals surface area contributed by atoms with Crippen LogP contribution in [-0.4, -0.2) is 103 Å². The van der Waals surface area contributed by atoms with Gasteiger partial charge in [-0.2, -0.15) is 4.31 Å². The number of rotatable bonds is 3. The zero-order valence-electron chi connectivity index (χ0n) is 17.9. The molecule has 0 N–H and O–H groups in total. The minimum absolute atomic E-state index is 0.0799. The van der Waals surface area contributed by atoms with Crippen LogP contribution in [0.5, 0.6) is 0 Å². The zero-order chi connectivity index (χ0) is 22.3. The van der Waals surface area contributed by atoms with Crippen molar-refractivity contribution in [3.8, 4) is 5.69 Å². The van der Waals surface area contributed by atoms with E-state index in [0.717, 1.165) is 17.4 Å². The lowest BCUT2D eigenvalue weighted by Gasteiger charge is -2.32. The van der Waals surface area contributed by atoms with Crippen molar-refractivity contribution in [1.82, 2.24) is 28.6 Å². The van der Waals surface area contributed by atoms with Gasteiger partial charge in [0.15, 0.2) is 5.69 Å². The standard InChI is InChI=1S/C20H26N6O4S/c1-22(2)18(27)13-25-12-16-19(20(28)24-10-8-23(3)9-11-24)21-14-26(16)15-6-4-5-7-17(15)31(25,29)30/h4-7,14H,8-13H2,1-3H3. The van der Waals surface area contributed by atoms with Gasteiger partial charge in [-0.25, -0.2) is 13.4 Å². The van der Waals surface area contributed by atoms with Crippen molar-refractivity contribution < 1.29 is 18.0 Å². The third-order valence-corrected chi connectivity index (χ3v) is 7.58. The number of imidazole rings is 1. The zero-order valence-corrected chi connectivity index (χ0v) is 18.7. The Balaban J connectivity index is 1.79. The fraction of sp³-hybridized carbons (Fsp3) is 0.450. The second kappa shape index (κ2) is 8.06. The minimum atomic E-state index is -3.95. The fourth-order valence-electron chi connectivity index (χ4n) is 3.77. The monoisotopic (exact) mass is 446 g/mol. The van der Waals surface area contributed by atoms with E-state index in [4.69, 9.17) is 0 Å². The number of fused-ring (bicyclic) bond motifs is 3. The van der Waals surface area contributed by atoms with E-state index < -0.39 is 10.0 Å². The molecule has 10 nitrogen and oxygen atoms in total. The third-order valence-electron chi connectivity index (χ3n) is 5.74. The van der Waals surface area contributed by atoms with E-state index in [1.165, 1.54) is 17.3 Å². The molecule has 0 aliphatic carbocycles. The average molecular weight is 447 g/mol. The first kappa shape index (κ1) is 21.5. The number of likely N-dealkylation sites (N-methyl/N-ethyl adjacent to an activating group) is 2. The summed E-state index contributed by atoms with van der Waals surface area (Å²) in [6, 6.07) is 6.57. The molecule has 4 rings (SSSR count). The van der Waals surface area contributed by atoms with Gasteiger partial charge in [-0.15, -0.1) is 0 Å². The highest BCUT2D eigenvalue weighted by Crippen LogP contribution is 2.31. The van der Waals surface area contributed by atoms with Crippen molar-refractivity contribution in [2.45, 2.75) is 11.4 Å². The van der Waals surface area contributed by atoms with Crippen LogP contribution < -0.4 is 0 Å². The van der Waals surface area contributed by atoms with E-state index in [1.807, 2.05) is 7.05 Å². The summed E-state index contributed by atoms with van der Waals surface area (Å²) in [5.74, 6) is -0.571. The summed E-state index contributed by atoms with van der Waals surface area (Å²) < 4.78 is 29.5. The molecule has 11 heteroatoms. The number of carbonyl (C=O) groups excluding carboxylic acids is 2. The molecule has 31 heavy (non-hydrogen) atoms. The number of amides is 2. The predicted octanol–water partition coefficient (Wildman–Crippen LogP) is -0.148. The summed E-state index contributed by atoms with van der Waals surface area (Å²) in [4.78, 5) is 35.3. The molecule has 1 aromatic heterocycles. The van der Waals surface area contributed by atoms with Crippen LogP contribution in [0.3, 0.4) is 0 Å². The van der Waals surface area contributed by atoms with Crippen molar-refractivity contribution in [1.29, 1.82) is 0 Å². The fourth-order valence-corrected chi connectivity index (χ4v) is 5.30. The van der Waals surface area contributed by atoms with Crippen LogP contribution in [0.15, 0.2) is 35.5 Å². The number of sulfonamides is 1. The highest BCUT2D eigenvalue weighted by Gasteiger charge is 2.37. The molecule has 1 fully saturated rings. The predicted molar refractivity (Wildman–Crippen MR) is 113 cm³/mol. The maximum atomic E-state index is 13.4. The molecule has 0 spiro atoms. The van der Waals surface area contributed by atoms with Gasteiger partial charge in [0.1, 0.15) is 11.2 Å². The lowest BCUT2D eigenvalue weighted by Crippen LogP contribution is -2.47. The summed E-state index contributed by atoms with van der Waals surface area (Å²) in [6.45, 7) is 2.26. The largest absolute Gasteiger partial charge is 0.348 e. The second-order valence-electron chi connectivity index (χ2n) is 8.03. The topological polar surface area (TPSA) is 99.1 Å². The van der Waals surface area contributed by atoms with Gasteiger partial charge in [-0.1, -0.05) is 12.1 Å². The lowest BCUT2D eigenvalue weighted by atomic mass is 10.2. The molecule has 3 heterocycles. The molecule has 2 aliphatic rings. The third kappa shape index (κ3) is 3.84. The van der Waals surface area contributed by atoms with Crippen LogP contribution in [0.2, 0.25) is 0 Å². The van der Waals surface area contributed by atoms with E-state index in [0.29, 0.717) is 24.5 Å². The number of carbonyl (C=O) groups is 2. The van der Waals surface area contributed by atoms with E-state index in [9.17, 15) is 18.0 Å². The van der Waals surface area contributed by atoms with Gasteiger partial charge in [-0.3, -0.25) is 14.2 Å². The number of hydrogen-bond acceptors (Lipinski definition) is 6. The van der Waals surface area contributed by atoms with Crippen LogP contribution in [0, 0.1) is 0 Å². The summed E-state index contributed by atoms with van der Waals surface area (Å²) in [5, 5.41) is 0. The maximum Gasteiger partial charge on any atom is 0.274 e. The molecule has 2 aromatic rings. The van der Waals surface area contributed by atoms with Crippen molar-refractivity contribution in [2.75, 3.05) is 53.9 Å². The molecule has 0 radical (unpaired) electrons. The van der Waals surface area contributed by atoms with Crippen LogP contribution >= 0.6 is 0 Å². The number of para-hydroxylation sites is 1. The Kier molecular flexibility index (Phi) is 5.58. The van der Waals surface area contributed by atoms with Gasteiger partial charge in [0.05, 0.1) is 24.5 Å². The number of piperazine rings is 1. The molecule has 0 atom stereocenters. The summed E-state index contributed by atoms with van der Waals surface area (Å²) >= 11 is 0. The Morgan fingerprint density at radius 2 is 1.77 bits per heavy atom. The van der Waals surface area contributed by atoms with E-state index in [-0.39, 0.29) is 35.5 Å². The number of benzene rings is 1. The summed E-state index contributed by atoms with van der Waals surface area (Å²) in [6.07, 6.45) is 1.49. The Morgan fingerprint density at radius 1 is 1.10 bits per heavy atom. The number of hydrogen-bond donors (Lipinski definition) is 0. The minimum Gasteiger partial charge on any atom is -0.348 e. The maximum absolute atomic E-state index is 13.4. The smallest absolute Gasteiger partial charge is 0.274 e. The van der Waals surface area contributed by atoms with Crippen molar-refractivity contribution in [2.24, 2.45) is 0 Å². The second-order valence-corrected chi connectivity index (χ2v) is 9.94.